The van der Waals surface area contributed by atoms with E-state index in [1.165, 1.54) is 0 Å². The van der Waals surface area contributed by atoms with E-state index in [0.717, 1.165) is 36.0 Å². The summed E-state index contributed by atoms with van der Waals surface area (Å²) >= 11 is 0. The maximum Gasteiger partial charge on any atom is 0.228 e. The van der Waals surface area contributed by atoms with Gasteiger partial charge in [0, 0.05) is 44.5 Å². The molecule has 4 rings (SSSR count). The average Bonchev–Trinajstić information content (AvgIpc) is 2.88. The molecule has 2 heterocycles. The number of benzene rings is 1. The number of carbonyl (C=O) groups excluding carboxylic acids is 2. The fourth-order valence-corrected chi connectivity index (χ4v) is 4.34. The summed E-state index contributed by atoms with van der Waals surface area (Å²) in [6.07, 6.45) is 9.10. The topological polar surface area (TPSA) is 53.5 Å². The van der Waals surface area contributed by atoms with Crippen LogP contribution in [0.3, 0.4) is 0 Å². The second-order valence-electron chi connectivity index (χ2n) is 8.33. The number of hydrogen-bond donors (Lipinski definition) is 0. The predicted octanol–water partition coefficient (Wildman–Crippen LogP) is 3.56. The molecule has 1 atom stereocenters. The van der Waals surface area contributed by atoms with Crippen LogP contribution in [0, 0.1) is 11.8 Å². The summed E-state index contributed by atoms with van der Waals surface area (Å²) in [5.41, 5.74) is 3.25. The van der Waals surface area contributed by atoms with E-state index >= 15 is 0 Å². The molecular formula is C25H29N3O2. The van der Waals surface area contributed by atoms with Gasteiger partial charge in [0.2, 0.25) is 11.8 Å². The Hall–Kier alpha value is -2.95. The Balaban J connectivity index is 1.55. The summed E-state index contributed by atoms with van der Waals surface area (Å²) < 4.78 is 0. The summed E-state index contributed by atoms with van der Waals surface area (Å²) in [4.78, 5) is 34.1. The minimum atomic E-state index is -0.236. The van der Waals surface area contributed by atoms with Crippen molar-refractivity contribution in [1.29, 1.82) is 0 Å². The summed E-state index contributed by atoms with van der Waals surface area (Å²) in [6, 6.07) is 12.2. The molecular weight excluding hydrogens is 374 g/mol. The lowest BCUT2D eigenvalue weighted by atomic mass is 9.84. The summed E-state index contributed by atoms with van der Waals surface area (Å²) in [6.45, 7) is 6.01. The largest absolute Gasteiger partial charge is 0.340 e. The monoisotopic (exact) mass is 403 g/mol. The van der Waals surface area contributed by atoms with Crippen LogP contribution in [-0.4, -0.2) is 52.8 Å². The molecule has 0 spiro atoms. The highest BCUT2D eigenvalue weighted by Crippen LogP contribution is 2.30. The molecule has 156 valence electrons. The van der Waals surface area contributed by atoms with Gasteiger partial charge in [0.1, 0.15) is 0 Å². The third-order valence-electron chi connectivity index (χ3n) is 6.26. The zero-order chi connectivity index (χ0) is 20.9. The standard InChI is InChI=1S/C25H29N3O2/c1-2-12-27-13-14-28(24(29)20-7-4-8-20)18-23(25(27)30)16-19-6-3-9-21(15-19)22-10-5-11-26-17-22/h2-3,5-6,9-11,15,17,20,23H,1,4,7-8,12-14,16,18H2. The van der Waals surface area contributed by atoms with E-state index in [4.69, 9.17) is 0 Å². The first kappa shape index (κ1) is 20.3. The molecule has 1 aliphatic heterocycles. The van der Waals surface area contributed by atoms with Gasteiger partial charge in [0.15, 0.2) is 0 Å². The molecule has 5 nitrogen and oxygen atoms in total. The molecule has 2 amide bonds. The molecule has 0 N–H and O–H groups in total. The number of nitrogens with zero attached hydrogens (tertiary/aromatic N) is 3. The van der Waals surface area contributed by atoms with Crippen molar-refractivity contribution in [3.63, 3.8) is 0 Å². The van der Waals surface area contributed by atoms with Crippen LogP contribution in [0.5, 0.6) is 0 Å². The highest BCUT2D eigenvalue weighted by Gasteiger charge is 2.35. The Kier molecular flexibility index (Phi) is 6.26. The zero-order valence-electron chi connectivity index (χ0n) is 17.4. The van der Waals surface area contributed by atoms with Gasteiger partial charge in [0.05, 0.1) is 5.92 Å². The van der Waals surface area contributed by atoms with Crippen LogP contribution in [0.15, 0.2) is 61.4 Å². The SMILES string of the molecule is C=CCN1CCN(C(=O)C2CCC2)CC(Cc2cccc(-c3cccnc3)c2)C1=O. The average molecular weight is 404 g/mol. The van der Waals surface area contributed by atoms with E-state index in [0.29, 0.717) is 32.6 Å². The first-order chi connectivity index (χ1) is 14.7. The van der Waals surface area contributed by atoms with Crippen LogP contribution in [-0.2, 0) is 16.0 Å². The van der Waals surface area contributed by atoms with Crippen molar-refractivity contribution in [2.24, 2.45) is 11.8 Å². The van der Waals surface area contributed by atoms with Crippen molar-refractivity contribution >= 4 is 11.8 Å². The molecule has 1 unspecified atom stereocenters. The fourth-order valence-electron chi connectivity index (χ4n) is 4.34. The molecule has 2 aromatic rings. The molecule has 0 radical (unpaired) electrons. The second kappa shape index (κ2) is 9.24. The van der Waals surface area contributed by atoms with Crippen LogP contribution in [0.1, 0.15) is 24.8 Å². The van der Waals surface area contributed by atoms with Crippen LogP contribution >= 0.6 is 0 Å². The Bertz CT molecular complexity index is 908. The Morgan fingerprint density at radius 3 is 2.70 bits per heavy atom. The van der Waals surface area contributed by atoms with Gasteiger partial charge < -0.3 is 9.80 Å². The molecule has 2 aliphatic rings. The van der Waals surface area contributed by atoms with Crippen molar-refractivity contribution < 1.29 is 9.59 Å². The number of carbonyl (C=O) groups is 2. The minimum Gasteiger partial charge on any atom is -0.340 e. The van der Waals surface area contributed by atoms with E-state index in [1.54, 1.807) is 12.3 Å². The van der Waals surface area contributed by atoms with Gasteiger partial charge in [-0.05, 0) is 42.0 Å². The lowest BCUT2D eigenvalue weighted by Crippen LogP contribution is -2.42. The van der Waals surface area contributed by atoms with Crippen molar-refractivity contribution in [2.75, 3.05) is 26.2 Å². The number of pyridine rings is 1. The summed E-state index contributed by atoms with van der Waals surface area (Å²) in [5, 5.41) is 0. The summed E-state index contributed by atoms with van der Waals surface area (Å²) in [5.74, 6) is 0.260. The van der Waals surface area contributed by atoms with Crippen LogP contribution < -0.4 is 0 Å². The molecule has 5 heteroatoms. The molecule has 1 saturated heterocycles. The van der Waals surface area contributed by atoms with Gasteiger partial charge >= 0.3 is 0 Å². The molecule has 1 aromatic heterocycles. The molecule has 1 saturated carbocycles. The number of amides is 2. The van der Waals surface area contributed by atoms with Gasteiger partial charge in [-0.15, -0.1) is 6.58 Å². The maximum atomic E-state index is 13.2. The highest BCUT2D eigenvalue weighted by molar-refractivity contribution is 5.83. The molecule has 1 aromatic carbocycles. The normalized spacial score (nSPS) is 19.9. The van der Waals surface area contributed by atoms with Gasteiger partial charge in [-0.1, -0.05) is 42.8 Å². The quantitative estimate of drug-likeness (QED) is 0.693. The predicted molar refractivity (Wildman–Crippen MR) is 118 cm³/mol. The molecule has 30 heavy (non-hydrogen) atoms. The van der Waals surface area contributed by atoms with Crippen molar-refractivity contribution in [3.05, 3.63) is 67.0 Å². The van der Waals surface area contributed by atoms with Crippen LogP contribution in [0.2, 0.25) is 0 Å². The third kappa shape index (κ3) is 4.45. The lowest BCUT2D eigenvalue weighted by Gasteiger charge is -2.31. The summed E-state index contributed by atoms with van der Waals surface area (Å²) in [7, 11) is 0. The Morgan fingerprint density at radius 1 is 1.17 bits per heavy atom. The van der Waals surface area contributed by atoms with E-state index in [2.05, 4.69) is 29.8 Å². The second-order valence-corrected chi connectivity index (χ2v) is 8.33. The molecule has 0 bridgehead atoms. The van der Waals surface area contributed by atoms with Gasteiger partial charge in [-0.2, -0.15) is 0 Å². The van der Waals surface area contributed by atoms with Crippen molar-refractivity contribution in [3.8, 4) is 11.1 Å². The minimum absolute atomic E-state index is 0.116. The van der Waals surface area contributed by atoms with Crippen molar-refractivity contribution in [2.45, 2.75) is 25.7 Å². The first-order valence-electron chi connectivity index (χ1n) is 10.8. The van der Waals surface area contributed by atoms with Crippen molar-refractivity contribution in [1.82, 2.24) is 14.8 Å². The smallest absolute Gasteiger partial charge is 0.228 e. The lowest BCUT2D eigenvalue weighted by molar-refractivity contribution is -0.138. The van der Waals surface area contributed by atoms with Gasteiger partial charge in [-0.3, -0.25) is 14.6 Å². The number of aromatic nitrogens is 1. The maximum absolute atomic E-state index is 13.2. The number of rotatable bonds is 6. The van der Waals surface area contributed by atoms with Gasteiger partial charge in [-0.25, -0.2) is 0 Å². The molecule has 2 fully saturated rings. The van der Waals surface area contributed by atoms with E-state index < -0.39 is 0 Å². The Labute approximate surface area is 178 Å². The zero-order valence-corrected chi connectivity index (χ0v) is 17.4. The molecule has 1 aliphatic carbocycles. The van der Waals surface area contributed by atoms with Gasteiger partial charge in [0.25, 0.3) is 0 Å². The van der Waals surface area contributed by atoms with Crippen LogP contribution in [0.25, 0.3) is 11.1 Å². The fraction of sp³-hybridized carbons (Fsp3) is 0.400. The third-order valence-corrected chi connectivity index (χ3v) is 6.26. The van der Waals surface area contributed by atoms with E-state index in [9.17, 15) is 9.59 Å². The van der Waals surface area contributed by atoms with Crippen LogP contribution in [0.4, 0.5) is 0 Å². The van der Waals surface area contributed by atoms with E-state index in [1.807, 2.05) is 34.2 Å². The first-order valence-corrected chi connectivity index (χ1v) is 10.8. The Morgan fingerprint density at radius 2 is 2.00 bits per heavy atom. The number of hydrogen-bond acceptors (Lipinski definition) is 3. The highest BCUT2D eigenvalue weighted by atomic mass is 16.2. The van der Waals surface area contributed by atoms with E-state index in [-0.39, 0.29) is 23.7 Å².